The molecule has 0 radical (unpaired) electrons. The first kappa shape index (κ1) is 18.8. The highest BCUT2D eigenvalue weighted by atomic mass is 32.2. The number of aryl methyl sites for hydroxylation is 2. The van der Waals surface area contributed by atoms with E-state index in [-0.39, 0.29) is 16.5 Å². The minimum Gasteiger partial charge on any atom is -0.408 e. The molecule has 0 bridgehead atoms. The zero-order chi connectivity index (χ0) is 20.1. The summed E-state index contributed by atoms with van der Waals surface area (Å²) in [5.74, 6) is -0.509. The Morgan fingerprint density at radius 2 is 1.89 bits per heavy atom. The molecule has 1 saturated heterocycles. The first-order valence-electron chi connectivity index (χ1n) is 9.20. The molecule has 0 aliphatic carbocycles. The summed E-state index contributed by atoms with van der Waals surface area (Å²) in [6.07, 6.45) is 0. The number of hydrogen-bond acceptors (Lipinski definition) is 5. The third-order valence-corrected chi connectivity index (χ3v) is 7.19. The minimum atomic E-state index is -3.67. The van der Waals surface area contributed by atoms with Crippen LogP contribution in [-0.4, -0.2) is 43.0 Å². The maximum absolute atomic E-state index is 13.1. The summed E-state index contributed by atoms with van der Waals surface area (Å²) < 4.78 is 34.3. The molecule has 1 aliphatic rings. The smallest absolute Gasteiger partial charge is 0.408 e. The van der Waals surface area contributed by atoms with Gasteiger partial charge in [-0.15, -0.1) is 0 Å². The lowest BCUT2D eigenvalue weighted by Crippen LogP contribution is -2.53. The van der Waals surface area contributed by atoms with E-state index in [9.17, 15) is 13.2 Å². The number of oxazole rings is 1. The Labute approximate surface area is 163 Å². The van der Waals surface area contributed by atoms with Gasteiger partial charge in [0.25, 0.3) is 0 Å². The Kier molecular flexibility index (Phi) is 4.55. The molecule has 0 amide bonds. The fraction of sp³-hybridized carbons (Fsp3) is 0.350. The van der Waals surface area contributed by atoms with Crippen molar-refractivity contribution in [3.05, 3.63) is 58.6 Å². The van der Waals surface area contributed by atoms with Gasteiger partial charge in [0.15, 0.2) is 5.58 Å². The van der Waals surface area contributed by atoms with E-state index in [4.69, 9.17) is 4.42 Å². The minimum absolute atomic E-state index is 0.0451. The molecule has 7 nitrogen and oxygen atoms in total. The molecule has 148 valence electrons. The van der Waals surface area contributed by atoms with Crippen LogP contribution in [0.1, 0.15) is 12.5 Å². The summed E-state index contributed by atoms with van der Waals surface area (Å²) in [6, 6.07) is 12.9. The number of hydrogen-bond donors (Lipinski definition) is 0. The quantitative estimate of drug-likeness (QED) is 0.673. The van der Waals surface area contributed by atoms with Crippen molar-refractivity contribution < 1.29 is 12.8 Å². The zero-order valence-electron chi connectivity index (χ0n) is 16.1. The molecule has 0 saturated carbocycles. The predicted octanol–water partition coefficient (Wildman–Crippen LogP) is 2.34. The summed E-state index contributed by atoms with van der Waals surface area (Å²) in [6.45, 7) is 5.49. The van der Waals surface area contributed by atoms with Gasteiger partial charge in [0.2, 0.25) is 10.0 Å². The molecule has 28 heavy (non-hydrogen) atoms. The van der Waals surface area contributed by atoms with E-state index in [1.807, 2.05) is 26.0 Å². The maximum atomic E-state index is 13.1. The van der Waals surface area contributed by atoms with Crippen LogP contribution >= 0.6 is 0 Å². The lowest BCUT2D eigenvalue weighted by Gasteiger charge is -2.40. The van der Waals surface area contributed by atoms with Gasteiger partial charge in [-0.25, -0.2) is 13.2 Å². The third-order valence-electron chi connectivity index (χ3n) is 5.33. The fourth-order valence-corrected chi connectivity index (χ4v) is 5.28. The molecule has 0 N–H and O–H groups in total. The number of fused-ring (bicyclic) bond motifs is 1. The van der Waals surface area contributed by atoms with Crippen molar-refractivity contribution >= 4 is 26.8 Å². The van der Waals surface area contributed by atoms with Crippen molar-refractivity contribution in [1.82, 2.24) is 8.87 Å². The topological polar surface area (TPSA) is 75.8 Å². The number of nitrogens with zero attached hydrogens (tertiary/aromatic N) is 3. The maximum Gasteiger partial charge on any atom is 0.419 e. The van der Waals surface area contributed by atoms with Gasteiger partial charge in [0.05, 0.1) is 10.4 Å². The molecular weight excluding hydrogens is 378 g/mol. The van der Waals surface area contributed by atoms with Crippen LogP contribution in [0.4, 0.5) is 5.69 Å². The van der Waals surface area contributed by atoms with Crippen molar-refractivity contribution in [2.75, 3.05) is 24.5 Å². The van der Waals surface area contributed by atoms with Gasteiger partial charge < -0.3 is 9.32 Å². The Morgan fingerprint density at radius 3 is 2.61 bits per heavy atom. The fourth-order valence-electron chi connectivity index (χ4n) is 3.76. The Balaban J connectivity index is 1.60. The normalized spacial score (nSPS) is 18.7. The molecule has 1 atom stereocenters. The van der Waals surface area contributed by atoms with Gasteiger partial charge in [-0.05, 0) is 43.7 Å². The second kappa shape index (κ2) is 6.79. The van der Waals surface area contributed by atoms with Crippen molar-refractivity contribution in [3.63, 3.8) is 0 Å². The average molecular weight is 401 g/mol. The molecule has 1 aliphatic heterocycles. The molecule has 3 aromatic rings. The van der Waals surface area contributed by atoms with E-state index >= 15 is 0 Å². The van der Waals surface area contributed by atoms with Gasteiger partial charge in [-0.1, -0.05) is 12.1 Å². The van der Waals surface area contributed by atoms with Gasteiger partial charge >= 0.3 is 5.76 Å². The van der Waals surface area contributed by atoms with E-state index in [2.05, 4.69) is 17.0 Å². The number of anilines is 1. The molecular formula is C20H23N3O4S. The third kappa shape index (κ3) is 3.12. The van der Waals surface area contributed by atoms with Gasteiger partial charge in [0, 0.05) is 44.5 Å². The van der Waals surface area contributed by atoms with Gasteiger partial charge in [-0.2, -0.15) is 4.31 Å². The second-order valence-corrected chi connectivity index (χ2v) is 9.24. The molecule has 2 heterocycles. The number of rotatable bonds is 3. The Morgan fingerprint density at radius 1 is 1.11 bits per heavy atom. The summed E-state index contributed by atoms with van der Waals surface area (Å²) in [4.78, 5) is 14.0. The van der Waals surface area contributed by atoms with Gasteiger partial charge in [-0.3, -0.25) is 4.57 Å². The van der Waals surface area contributed by atoms with Crippen molar-refractivity contribution in [1.29, 1.82) is 0 Å². The molecule has 4 rings (SSSR count). The number of aromatic nitrogens is 1. The SMILES string of the molecule is Cc1cccc(N2CCN(S(=O)(=O)c3ccc4c(c3)oc(=O)n4C)CC2C)c1. The molecule has 1 unspecified atom stereocenters. The summed E-state index contributed by atoms with van der Waals surface area (Å²) in [5, 5.41) is 0. The summed E-state index contributed by atoms with van der Waals surface area (Å²) in [7, 11) is -2.08. The van der Waals surface area contributed by atoms with E-state index in [1.165, 1.54) is 26.6 Å². The highest BCUT2D eigenvalue weighted by Gasteiger charge is 2.32. The van der Waals surface area contributed by atoms with Crippen molar-refractivity contribution in [2.45, 2.75) is 24.8 Å². The molecule has 0 spiro atoms. The lowest BCUT2D eigenvalue weighted by molar-refractivity contribution is 0.342. The molecule has 1 aromatic heterocycles. The van der Waals surface area contributed by atoms with Crippen LogP contribution in [0.25, 0.3) is 11.1 Å². The van der Waals surface area contributed by atoms with Crippen molar-refractivity contribution in [2.24, 2.45) is 7.05 Å². The predicted molar refractivity (Wildman–Crippen MR) is 108 cm³/mol. The standard InChI is InChI=1S/C20H23N3O4S/c1-14-5-4-6-16(11-14)23-10-9-22(13-15(23)2)28(25,26)17-7-8-18-19(12-17)27-20(24)21(18)3/h4-8,11-12,15H,9-10,13H2,1-3H3. The highest BCUT2D eigenvalue weighted by Crippen LogP contribution is 2.26. The van der Waals surface area contributed by atoms with Crippen LogP contribution in [-0.2, 0) is 17.1 Å². The Hall–Kier alpha value is -2.58. The largest absolute Gasteiger partial charge is 0.419 e. The van der Waals surface area contributed by atoms with E-state index in [0.717, 1.165) is 5.69 Å². The van der Waals surface area contributed by atoms with Crippen LogP contribution in [0.15, 0.2) is 56.6 Å². The van der Waals surface area contributed by atoms with E-state index in [0.29, 0.717) is 25.2 Å². The zero-order valence-corrected chi connectivity index (χ0v) is 16.9. The molecule has 1 fully saturated rings. The van der Waals surface area contributed by atoms with Crippen LogP contribution in [0.5, 0.6) is 0 Å². The highest BCUT2D eigenvalue weighted by molar-refractivity contribution is 7.89. The number of sulfonamides is 1. The first-order chi connectivity index (χ1) is 13.3. The second-order valence-electron chi connectivity index (χ2n) is 7.30. The monoisotopic (exact) mass is 401 g/mol. The van der Waals surface area contributed by atoms with Gasteiger partial charge in [0.1, 0.15) is 0 Å². The number of piperazine rings is 1. The summed E-state index contributed by atoms with van der Waals surface area (Å²) >= 11 is 0. The average Bonchev–Trinajstić information content (AvgIpc) is 2.95. The Bertz CT molecular complexity index is 1200. The lowest BCUT2D eigenvalue weighted by atomic mass is 10.1. The van der Waals surface area contributed by atoms with Crippen LogP contribution in [0.2, 0.25) is 0 Å². The first-order valence-corrected chi connectivity index (χ1v) is 10.6. The molecule has 8 heteroatoms. The molecule has 2 aromatic carbocycles. The van der Waals surface area contributed by atoms with Crippen LogP contribution in [0.3, 0.4) is 0 Å². The number of benzene rings is 2. The van der Waals surface area contributed by atoms with Crippen LogP contribution < -0.4 is 10.7 Å². The summed E-state index contributed by atoms with van der Waals surface area (Å²) in [5.41, 5.74) is 3.14. The van der Waals surface area contributed by atoms with Crippen molar-refractivity contribution in [3.8, 4) is 0 Å². The van der Waals surface area contributed by atoms with E-state index < -0.39 is 15.8 Å². The van der Waals surface area contributed by atoms with E-state index in [1.54, 1.807) is 13.1 Å². The van der Waals surface area contributed by atoms with Crippen LogP contribution in [0, 0.1) is 6.92 Å².